The molecule has 122 valence electrons. The van der Waals surface area contributed by atoms with Gasteiger partial charge >= 0.3 is 0 Å². The van der Waals surface area contributed by atoms with Crippen molar-refractivity contribution in [3.63, 3.8) is 0 Å². The number of carbonyl (C=O) groups excluding carboxylic acids is 1. The number of nitriles is 1. The molecule has 2 aromatic rings. The van der Waals surface area contributed by atoms with Gasteiger partial charge in [-0.25, -0.2) is 4.99 Å². The first-order valence-electron chi connectivity index (χ1n) is 7.44. The van der Waals surface area contributed by atoms with Crippen LogP contribution in [0.3, 0.4) is 0 Å². The number of rotatable bonds is 4. The number of hydrogen-bond donors (Lipinski definition) is 1. The molecule has 0 spiro atoms. The van der Waals surface area contributed by atoms with E-state index in [0.29, 0.717) is 23.0 Å². The van der Waals surface area contributed by atoms with Crippen molar-refractivity contribution in [3.8, 4) is 6.19 Å². The van der Waals surface area contributed by atoms with Gasteiger partial charge in [0.15, 0.2) is 11.4 Å². The molecule has 2 aromatic carbocycles. The largest absolute Gasteiger partial charge is 0.309 e. The molecule has 5 nitrogen and oxygen atoms in total. The van der Waals surface area contributed by atoms with Crippen molar-refractivity contribution in [3.05, 3.63) is 60.2 Å². The van der Waals surface area contributed by atoms with Gasteiger partial charge in [0.2, 0.25) is 0 Å². The Kier molecular flexibility index (Phi) is 6.41. The van der Waals surface area contributed by atoms with Gasteiger partial charge in [0.1, 0.15) is 0 Å². The van der Waals surface area contributed by atoms with Gasteiger partial charge in [-0.15, -0.1) is 0 Å². The molecule has 1 amide bonds. The third-order valence-electron chi connectivity index (χ3n) is 3.31. The molecule has 0 aliphatic heterocycles. The van der Waals surface area contributed by atoms with Crippen LogP contribution in [0.5, 0.6) is 0 Å². The first-order valence-corrected chi connectivity index (χ1v) is 8.66. The van der Waals surface area contributed by atoms with E-state index in [1.165, 1.54) is 11.8 Å². The van der Waals surface area contributed by atoms with Crippen LogP contribution in [-0.4, -0.2) is 23.9 Å². The molecule has 6 heteroatoms. The number of nitrogens with zero attached hydrogens (tertiary/aromatic N) is 3. The molecule has 0 unspecified atom stereocenters. The Morgan fingerprint density at radius 3 is 2.62 bits per heavy atom. The molecule has 0 aromatic heterocycles. The van der Waals surface area contributed by atoms with E-state index in [2.05, 4.69) is 10.3 Å². The summed E-state index contributed by atoms with van der Waals surface area (Å²) in [6, 6.07) is 16.6. The number of para-hydroxylation sites is 1. The summed E-state index contributed by atoms with van der Waals surface area (Å²) in [5.74, 6) is -0.0836. The molecule has 0 bridgehead atoms. The third kappa shape index (κ3) is 4.37. The quantitative estimate of drug-likeness (QED) is 0.399. The van der Waals surface area contributed by atoms with Crippen molar-refractivity contribution in [1.29, 1.82) is 5.26 Å². The van der Waals surface area contributed by atoms with Crippen molar-refractivity contribution < 1.29 is 4.79 Å². The van der Waals surface area contributed by atoms with Crippen LogP contribution < -0.4 is 10.2 Å². The Morgan fingerprint density at radius 2 is 2.00 bits per heavy atom. The summed E-state index contributed by atoms with van der Waals surface area (Å²) >= 11 is 1.33. The first kappa shape index (κ1) is 17.6. The molecule has 0 saturated heterocycles. The average molecular weight is 338 g/mol. The Hall–Kier alpha value is -2.78. The lowest BCUT2D eigenvalue weighted by molar-refractivity contribution is 0.0988. The summed E-state index contributed by atoms with van der Waals surface area (Å²) in [7, 11) is 0. The fourth-order valence-electron chi connectivity index (χ4n) is 2.21. The minimum absolute atomic E-state index is 0.0836. The van der Waals surface area contributed by atoms with Crippen LogP contribution in [-0.2, 0) is 0 Å². The molecule has 0 aliphatic rings. The van der Waals surface area contributed by atoms with E-state index in [0.717, 1.165) is 5.69 Å². The number of amides is 1. The Balaban J connectivity index is 2.30. The van der Waals surface area contributed by atoms with Crippen molar-refractivity contribution >= 4 is 34.2 Å². The molecule has 0 aliphatic carbocycles. The van der Waals surface area contributed by atoms with Crippen LogP contribution in [0.2, 0.25) is 0 Å². The number of amidine groups is 1. The van der Waals surface area contributed by atoms with Gasteiger partial charge in [0.05, 0.1) is 5.69 Å². The number of thioether (sulfide) groups is 1. The molecule has 0 heterocycles. The van der Waals surface area contributed by atoms with Crippen molar-refractivity contribution in [2.75, 3.05) is 17.7 Å². The summed E-state index contributed by atoms with van der Waals surface area (Å²) in [5.41, 5.74) is 2.03. The summed E-state index contributed by atoms with van der Waals surface area (Å²) in [4.78, 5) is 18.9. The maximum absolute atomic E-state index is 12.8. The standard InChI is InChI=1S/C18H18N4OS/c1-3-22(16-10-5-4-6-11-16)17(23)14-8-7-9-15(12-14)21-18(24-2)20-13-19/h4-12H,3H2,1-2H3,(H,20,21). The minimum atomic E-state index is -0.0836. The van der Waals surface area contributed by atoms with E-state index < -0.39 is 0 Å². The Bertz CT molecular complexity index is 768. The van der Waals surface area contributed by atoms with E-state index in [9.17, 15) is 4.79 Å². The smallest absolute Gasteiger partial charge is 0.258 e. The molecule has 0 saturated carbocycles. The van der Waals surface area contributed by atoms with E-state index in [4.69, 9.17) is 5.26 Å². The second kappa shape index (κ2) is 8.75. The molecule has 1 N–H and O–H groups in total. The summed E-state index contributed by atoms with van der Waals surface area (Å²) in [5, 5.41) is 11.7. The van der Waals surface area contributed by atoms with Crippen LogP contribution in [0.15, 0.2) is 59.6 Å². The SMILES string of the molecule is CCN(C(=O)c1cccc(N=C(NC#N)SC)c1)c1ccccc1. The summed E-state index contributed by atoms with van der Waals surface area (Å²) in [6.45, 7) is 2.51. The van der Waals surface area contributed by atoms with Gasteiger partial charge in [0, 0.05) is 17.8 Å². The number of aliphatic imine (C=N–C) groups is 1. The molecule has 0 atom stereocenters. The highest BCUT2D eigenvalue weighted by molar-refractivity contribution is 8.13. The number of nitrogens with one attached hydrogen (secondary N) is 1. The molecular weight excluding hydrogens is 320 g/mol. The average Bonchev–Trinajstić information content (AvgIpc) is 2.63. The highest BCUT2D eigenvalue weighted by Gasteiger charge is 2.16. The lowest BCUT2D eigenvalue weighted by Crippen LogP contribution is -2.30. The van der Waals surface area contributed by atoms with E-state index in [1.54, 1.807) is 29.2 Å². The number of carbonyl (C=O) groups is 1. The fourth-order valence-corrected chi connectivity index (χ4v) is 2.55. The van der Waals surface area contributed by atoms with Crippen molar-refractivity contribution in [1.82, 2.24) is 5.32 Å². The molecule has 2 rings (SSSR count). The van der Waals surface area contributed by atoms with Crippen molar-refractivity contribution in [2.45, 2.75) is 6.92 Å². The van der Waals surface area contributed by atoms with E-state index in [-0.39, 0.29) is 5.91 Å². The maximum Gasteiger partial charge on any atom is 0.258 e. The van der Waals surface area contributed by atoms with Gasteiger partial charge in [-0.3, -0.25) is 10.1 Å². The monoisotopic (exact) mass is 338 g/mol. The van der Waals surface area contributed by atoms with Gasteiger partial charge in [-0.1, -0.05) is 36.0 Å². The number of benzene rings is 2. The van der Waals surface area contributed by atoms with Gasteiger partial charge < -0.3 is 4.90 Å². The highest BCUT2D eigenvalue weighted by Crippen LogP contribution is 2.20. The molecule has 24 heavy (non-hydrogen) atoms. The molecule has 0 fully saturated rings. The van der Waals surface area contributed by atoms with Crippen LogP contribution in [0.1, 0.15) is 17.3 Å². The van der Waals surface area contributed by atoms with Crippen LogP contribution in [0.25, 0.3) is 0 Å². The predicted molar refractivity (Wildman–Crippen MR) is 99.6 cm³/mol. The van der Waals surface area contributed by atoms with Crippen LogP contribution in [0, 0.1) is 11.5 Å². The van der Waals surface area contributed by atoms with Gasteiger partial charge in [-0.2, -0.15) is 5.26 Å². The zero-order valence-electron chi connectivity index (χ0n) is 13.6. The zero-order valence-corrected chi connectivity index (χ0v) is 14.4. The highest BCUT2D eigenvalue weighted by atomic mass is 32.2. The normalized spacial score (nSPS) is 10.8. The lowest BCUT2D eigenvalue weighted by atomic mass is 10.1. The third-order valence-corrected chi connectivity index (χ3v) is 3.89. The molecular formula is C18H18N4OS. The number of anilines is 1. The minimum Gasteiger partial charge on any atom is -0.309 e. The first-order chi connectivity index (χ1) is 11.7. The predicted octanol–water partition coefficient (Wildman–Crippen LogP) is 3.77. The van der Waals surface area contributed by atoms with E-state index in [1.807, 2.05) is 49.7 Å². The second-order valence-corrected chi connectivity index (χ2v) is 5.59. The molecule has 0 radical (unpaired) electrons. The maximum atomic E-state index is 12.8. The summed E-state index contributed by atoms with van der Waals surface area (Å²) in [6.07, 6.45) is 3.67. The van der Waals surface area contributed by atoms with Gasteiger partial charge in [0.25, 0.3) is 5.91 Å². The lowest BCUT2D eigenvalue weighted by Gasteiger charge is -2.21. The van der Waals surface area contributed by atoms with Gasteiger partial charge in [-0.05, 0) is 43.5 Å². The topological polar surface area (TPSA) is 68.5 Å². The Labute approximate surface area is 146 Å². The van der Waals surface area contributed by atoms with Crippen LogP contribution >= 0.6 is 11.8 Å². The Morgan fingerprint density at radius 1 is 1.25 bits per heavy atom. The van der Waals surface area contributed by atoms with E-state index >= 15 is 0 Å². The zero-order chi connectivity index (χ0) is 17.4. The number of hydrogen-bond acceptors (Lipinski definition) is 4. The van der Waals surface area contributed by atoms with Crippen LogP contribution in [0.4, 0.5) is 11.4 Å². The van der Waals surface area contributed by atoms with Crippen molar-refractivity contribution in [2.24, 2.45) is 4.99 Å². The summed E-state index contributed by atoms with van der Waals surface area (Å²) < 4.78 is 0. The second-order valence-electron chi connectivity index (χ2n) is 4.79. The fraction of sp³-hybridized carbons (Fsp3) is 0.167.